The molecular weight excluding hydrogens is 303 g/mol. The summed E-state index contributed by atoms with van der Waals surface area (Å²) in [5.41, 5.74) is 0. The molecule has 15 heavy (non-hydrogen) atoms. The highest BCUT2D eigenvalue weighted by Crippen LogP contribution is 2.14. The maximum Gasteiger partial charge on any atom is 0.318 e. The van der Waals surface area contributed by atoms with E-state index in [9.17, 15) is 4.79 Å². The van der Waals surface area contributed by atoms with Crippen LogP contribution in [-0.4, -0.2) is 16.5 Å². The Balaban J connectivity index is 3.30. The Kier molecular flexibility index (Phi) is 10.9. The molecule has 1 unspecified atom stereocenters. The quantitative estimate of drug-likeness (QED) is 0.276. The predicted octanol–water partition coefficient (Wildman–Crippen LogP) is 4.10. The molecule has 0 saturated heterocycles. The van der Waals surface area contributed by atoms with Crippen LogP contribution >= 0.6 is 22.6 Å². The number of carbonyl (C=O) groups is 1. The molecule has 0 amide bonds. The van der Waals surface area contributed by atoms with Crippen molar-refractivity contribution in [3.05, 3.63) is 0 Å². The molecule has 1 atom stereocenters. The first kappa shape index (κ1) is 15.2. The SMILES string of the molecule is CCCCCCCCC(I)C(=O)OCC. The van der Waals surface area contributed by atoms with Gasteiger partial charge in [0.25, 0.3) is 0 Å². The highest BCUT2D eigenvalue weighted by Gasteiger charge is 2.14. The third-order valence-electron chi connectivity index (χ3n) is 2.35. The van der Waals surface area contributed by atoms with Gasteiger partial charge in [-0.3, -0.25) is 4.79 Å². The fraction of sp³-hybridized carbons (Fsp3) is 0.917. The zero-order valence-electron chi connectivity index (χ0n) is 9.93. The molecule has 0 heterocycles. The number of ether oxygens (including phenoxy) is 1. The van der Waals surface area contributed by atoms with Crippen molar-refractivity contribution < 1.29 is 9.53 Å². The van der Waals surface area contributed by atoms with E-state index in [0.29, 0.717) is 6.61 Å². The van der Waals surface area contributed by atoms with E-state index < -0.39 is 0 Å². The minimum absolute atomic E-state index is 0.0494. The van der Waals surface area contributed by atoms with Crippen LogP contribution in [0.3, 0.4) is 0 Å². The fourth-order valence-corrected chi connectivity index (χ4v) is 2.07. The molecule has 0 radical (unpaired) electrons. The molecule has 0 N–H and O–H groups in total. The molecule has 2 nitrogen and oxygen atoms in total. The van der Waals surface area contributed by atoms with Crippen molar-refractivity contribution in [1.29, 1.82) is 0 Å². The second-order valence-corrected chi connectivity index (χ2v) is 5.28. The Hall–Kier alpha value is 0.200. The number of carbonyl (C=O) groups excluding carboxylic acids is 1. The van der Waals surface area contributed by atoms with Crippen molar-refractivity contribution >= 4 is 28.6 Å². The summed E-state index contributed by atoms with van der Waals surface area (Å²) in [4.78, 5) is 11.3. The lowest BCUT2D eigenvalue weighted by Gasteiger charge is -2.08. The Labute approximate surface area is 107 Å². The molecule has 0 fully saturated rings. The summed E-state index contributed by atoms with van der Waals surface area (Å²) in [7, 11) is 0. The van der Waals surface area contributed by atoms with Gasteiger partial charge < -0.3 is 4.74 Å². The van der Waals surface area contributed by atoms with Crippen molar-refractivity contribution in [1.82, 2.24) is 0 Å². The molecule has 0 aromatic rings. The summed E-state index contributed by atoms with van der Waals surface area (Å²) in [6, 6.07) is 0. The van der Waals surface area contributed by atoms with Gasteiger partial charge in [-0.25, -0.2) is 0 Å². The molecule has 0 aliphatic rings. The van der Waals surface area contributed by atoms with E-state index >= 15 is 0 Å². The third-order valence-corrected chi connectivity index (χ3v) is 3.48. The van der Waals surface area contributed by atoms with Crippen molar-refractivity contribution in [2.45, 2.75) is 62.7 Å². The van der Waals surface area contributed by atoms with Crippen LogP contribution in [0, 0.1) is 0 Å². The van der Waals surface area contributed by atoms with E-state index in [1.54, 1.807) is 0 Å². The Morgan fingerprint density at radius 2 is 1.73 bits per heavy atom. The van der Waals surface area contributed by atoms with E-state index in [-0.39, 0.29) is 9.89 Å². The molecule has 0 aliphatic carbocycles. The summed E-state index contributed by atoms with van der Waals surface area (Å²) in [6.45, 7) is 4.57. The second-order valence-electron chi connectivity index (χ2n) is 3.78. The van der Waals surface area contributed by atoms with E-state index in [1.807, 2.05) is 6.92 Å². The average molecular weight is 326 g/mol. The number of halogens is 1. The van der Waals surface area contributed by atoms with Gasteiger partial charge in [-0.2, -0.15) is 0 Å². The Bertz CT molecular complexity index is 160. The number of esters is 1. The maximum absolute atomic E-state index is 11.3. The van der Waals surface area contributed by atoms with Crippen molar-refractivity contribution in [3.8, 4) is 0 Å². The van der Waals surface area contributed by atoms with E-state index in [1.165, 1.54) is 32.1 Å². The van der Waals surface area contributed by atoms with Crippen LogP contribution in [0.4, 0.5) is 0 Å². The highest BCUT2D eigenvalue weighted by molar-refractivity contribution is 14.1. The van der Waals surface area contributed by atoms with Crippen molar-refractivity contribution in [3.63, 3.8) is 0 Å². The molecular formula is C12H23IO2. The van der Waals surface area contributed by atoms with Crippen molar-refractivity contribution in [2.75, 3.05) is 6.61 Å². The maximum atomic E-state index is 11.3. The van der Waals surface area contributed by atoms with Crippen LogP contribution < -0.4 is 0 Å². The summed E-state index contributed by atoms with van der Waals surface area (Å²) in [5.74, 6) is -0.0494. The molecule has 0 bridgehead atoms. The number of alkyl halides is 1. The summed E-state index contributed by atoms with van der Waals surface area (Å²) in [5, 5.41) is 0. The average Bonchev–Trinajstić information content (AvgIpc) is 2.23. The third kappa shape index (κ3) is 9.15. The fourth-order valence-electron chi connectivity index (χ4n) is 1.45. The van der Waals surface area contributed by atoms with Gasteiger partial charge in [0.05, 0.1) is 6.61 Å². The summed E-state index contributed by atoms with van der Waals surface area (Å²) in [6.07, 6.45) is 8.63. The van der Waals surface area contributed by atoms with Gasteiger partial charge in [0.15, 0.2) is 0 Å². The number of hydrogen-bond acceptors (Lipinski definition) is 2. The smallest absolute Gasteiger partial charge is 0.318 e. The first-order valence-corrected chi connectivity index (χ1v) is 7.27. The number of unbranched alkanes of at least 4 members (excludes halogenated alkanes) is 5. The Morgan fingerprint density at radius 3 is 2.33 bits per heavy atom. The lowest BCUT2D eigenvalue weighted by Crippen LogP contribution is -2.16. The monoisotopic (exact) mass is 326 g/mol. The molecule has 0 aromatic heterocycles. The van der Waals surface area contributed by atoms with E-state index in [0.717, 1.165) is 12.8 Å². The standard InChI is InChI=1S/C12H23IO2/c1-3-5-6-7-8-9-10-11(13)12(14)15-4-2/h11H,3-10H2,1-2H3. The van der Waals surface area contributed by atoms with Crippen LogP contribution in [-0.2, 0) is 9.53 Å². The molecule has 0 aliphatic heterocycles. The van der Waals surface area contributed by atoms with Crippen LogP contribution in [0.2, 0.25) is 0 Å². The zero-order valence-corrected chi connectivity index (χ0v) is 12.1. The van der Waals surface area contributed by atoms with Gasteiger partial charge in [-0.15, -0.1) is 0 Å². The predicted molar refractivity (Wildman–Crippen MR) is 72.4 cm³/mol. The largest absolute Gasteiger partial charge is 0.465 e. The van der Waals surface area contributed by atoms with Gasteiger partial charge >= 0.3 is 5.97 Å². The first-order valence-electron chi connectivity index (χ1n) is 6.03. The van der Waals surface area contributed by atoms with Crippen LogP contribution in [0.5, 0.6) is 0 Å². The van der Waals surface area contributed by atoms with Gasteiger partial charge in [-0.05, 0) is 13.3 Å². The Morgan fingerprint density at radius 1 is 1.13 bits per heavy atom. The normalized spacial score (nSPS) is 12.5. The van der Waals surface area contributed by atoms with E-state index in [4.69, 9.17) is 4.74 Å². The lowest BCUT2D eigenvalue weighted by atomic mass is 10.1. The molecule has 0 aromatic carbocycles. The van der Waals surface area contributed by atoms with Gasteiger partial charge in [0.1, 0.15) is 3.92 Å². The van der Waals surface area contributed by atoms with E-state index in [2.05, 4.69) is 29.5 Å². The van der Waals surface area contributed by atoms with Gasteiger partial charge in [0.2, 0.25) is 0 Å². The first-order chi connectivity index (χ1) is 7.22. The topological polar surface area (TPSA) is 26.3 Å². The minimum atomic E-state index is -0.0494. The molecule has 90 valence electrons. The molecule has 0 spiro atoms. The van der Waals surface area contributed by atoms with Gasteiger partial charge in [-0.1, -0.05) is 68.0 Å². The summed E-state index contributed by atoms with van der Waals surface area (Å²) >= 11 is 2.18. The van der Waals surface area contributed by atoms with Crippen LogP contribution in [0.1, 0.15) is 58.8 Å². The lowest BCUT2D eigenvalue weighted by molar-refractivity contribution is -0.142. The van der Waals surface area contributed by atoms with Gasteiger partial charge in [0, 0.05) is 0 Å². The number of hydrogen-bond donors (Lipinski definition) is 0. The summed E-state index contributed by atoms with van der Waals surface area (Å²) < 4.78 is 5.00. The number of rotatable bonds is 9. The van der Waals surface area contributed by atoms with Crippen LogP contribution in [0.25, 0.3) is 0 Å². The highest BCUT2D eigenvalue weighted by atomic mass is 127. The molecule has 3 heteroatoms. The minimum Gasteiger partial charge on any atom is -0.465 e. The second kappa shape index (κ2) is 10.7. The van der Waals surface area contributed by atoms with Crippen molar-refractivity contribution in [2.24, 2.45) is 0 Å². The van der Waals surface area contributed by atoms with Crippen LogP contribution in [0.15, 0.2) is 0 Å². The molecule has 0 saturated carbocycles. The zero-order chi connectivity index (χ0) is 11.5. The molecule has 0 rings (SSSR count).